The number of anilines is 1. The summed E-state index contributed by atoms with van der Waals surface area (Å²) in [4.78, 5) is 9.84. The van der Waals surface area contributed by atoms with E-state index in [4.69, 9.17) is 11.0 Å². The van der Waals surface area contributed by atoms with Gasteiger partial charge in [-0.3, -0.25) is 0 Å². The molecule has 3 aromatic rings. The molecule has 0 aromatic carbocycles. The van der Waals surface area contributed by atoms with Crippen molar-refractivity contribution < 1.29 is 0 Å². The zero-order valence-electron chi connectivity index (χ0n) is 10.6. The quantitative estimate of drug-likeness (QED) is 0.777. The first-order chi connectivity index (χ1) is 9.69. The van der Waals surface area contributed by atoms with Crippen molar-refractivity contribution in [2.45, 2.75) is 6.92 Å². The Morgan fingerprint density at radius 1 is 1.40 bits per heavy atom. The minimum absolute atomic E-state index is 0.246. The molecular weight excluding hydrogens is 272 g/mol. The summed E-state index contributed by atoms with van der Waals surface area (Å²) in [5.41, 5.74) is 7.81. The third kappa shape index (κ3) is 2.02. The van der Waals surface area contributed by atoms with Crippen molar-refractivity contribution in [1.29, 1.82) is 5.26 Å². The van der Waals surface area contributed by atoms with Crippen molar-refractivity contribution in [3.63, 3.8) is 0 Å². The fourth-order valence-electron chi connectivity index (χ4n) is 1.80. The number of nitriles is 1. The van der Waals surface area contributed by atoms with Crippen LogP contribution in [0.1, 0.15) is 11.3 Å². The summed E-state index contributed by atoms with van der Waals surface area (Å²) >= 11 is 1.60. The highest BCUT2D eigenvalue weighted by molar-refractivity contribution is 7.13. The van der Waals surface area contributed by atoms with Gasteiger partial charge in [-0.15, -0.1) is 11.3 Å². The molecule has 0 saturated carbocycles. The van der Waals surface area contributed by atoms with Crippen molar-refractivity contribution in [2.75, 3.05) is 5.73 Å². The Morgan fingerprint density at radius 2 is 2.25 bits per heavy atom. The maximum absolute atomic E-state index is 8.92. The summed E-state index contributed by atoms with van der Waals surface area (Å²) < 4.78 is 1.38. The zero-order chi connectivity index (χ0) is 14.1. The van der Waals surface area contributed by atoms with Crippen molar-refractivity contribution in [3.05, 3.63) is 41.0 Å². The van der Waals surface area contributed by atoms with Crippen LogP contribution >= 0.6 is 11.3 Å². The van der Waals surface area contributed by atoms with Gasteiger partial charge in [0, 0.05) is 5.69 Å². The fourth-order valence-corrected chi connectivity index (χ4v) is 2.49. The minimum atomic E-state index is 0.246. The predicted molar refractivity (Wildman–Crippen MR) is 76.3 cm³/mol. The molecule has 0 amide bonds. The minimum Gasteiger partial charge on any atom is -0.382 e. The number of hydrogen-bond donors (Lipinski definition) is 1. The molecule has 6 nitrogen and oxygen atoms in total. The number of nitrogen functional groups attached to an aromatic ring is 1. The lowest BCUT2D eigenvalue weighted by Crippen LogP contribution is -2.08. The third-order valence-electron chi connectivity index (χ3n) is 2.73. The Hall–Kier alpha value is -2.72. The summed E-state index contributed by atoms with van der Waals surface area (Å²) in [7, 11) is 0. The molecule has 3 heterocycles. The van der Waals surface area contributed by atoms with E-state index in [9.17, 15) is 0 Å². The van der Waals surface area contributed by atoms with Crippen LogP contribution < -0.4 is 5.73 Å². The highest BCUT2D eigenvalue weighted by Gasteiger charge is 2.13. The number of thiophene rings is 1. The van der Waals surface area contributed by atoms with Gasteiger partial charge in [-0.2, -0.15) is 15.0 Å². The van der Waals surface area contributed by atoms with Gasteiger partial charge in [0.15, 0.2) is 0 Å². The maximum atomic E-state index is 8.92. The lowest BCUT2D eigenvalue weighted by Gasteiger charge is -2.05. The molecule has 0 fully saturated rings. The lowest BCUT2D eigenvalue weighted by molar-refractivity contribution is 0.812. The third-order valence-corrected chi connectivity index (χ3v) is 3.62. The Balaban J connectivity index is 2.15. The molecule has 0 aliphatic heterocycles. The number of nitrogens with two attached hydrogens (primary N) is 1. The molecule has 0 saturated heterocycles. The van der Waals surface area contributed by atoms with Crippen LogP contribution in [0.15, 0.2) is 29.8 Å². The maximum Gasteiger partial charge on any atom is 0.253 e. The van der Waals surface area contributed by atoms with E-state index in [0.29, 0.717) is 11.5 Å². The van der Waals surface area contributed by atoms with Gasteiger partial charge in [-0.1, -0.05) is 6.07 Å². The van der Waals surface area contributed by atoms with Crippen LogP contribution in [-0.2, 0) is 0 Å². The van der Waals surface area contributed by atoms with Crippen molar-refractivity contribution >= 4 is 17.2 Å². The van der Waals surface area contributed by atoms with E-state index < -0.39 is 0 Å². The number of rotatable bonds is 2. The van der Waals surface area contributed by atoms with Gasteiger partial charge in [0.2, 0.25) is 0 Å². The fraction of sp³-hybridized carbons (Fsp3) is 0.0769. The average molecular weight is 282 g/mol. The van der Waals surface area contributed by atoms with E-state index in [-0.39, 0.29) is 5.82 Å². The molecule has 7 heteroatoms. The van der Waals surface area contributed by atoms with E-state index in [1.165, 1.54) is 10.9 Å². The first-order valence-electron chi connectivity index (χ1n) is 5.82. The molecule has 0 aliphatic rings. The second-order valence-corrected chi connectivity index (χ2v) is 5.09. The Morgan fingerprint density at radius 3 is 2.90 bits per heavy atom. The Bertz CT molecular complexity index is 797. The monoisotopic (exact) mass is 282 g/mol. The summed E-state index contributed by atoms with van der Waals surface area (Å²) in [5, 5.41) is 15.0. The van der Waals surface area contributed by atoms with Gasteiger partial charge in [0.05, 0.1) is 16.8 Å². The summed E-state index contributed by atoms with van der Waals surface area (Å²) in [6.07, 6.45) is 1.41. The van der Waals surface area contributed by atoms with Gasteiger partial charge in [-0.05, 0) is 24.4 Å². The van der Waals surface area contributed by atoms with Crippen LogP contribution in [0.5, 0.6) is 0 Å². The first kappa shape index (κ1) is 12.3. The highest BCUT2D eigenvalue weighted by Crippen LogP contribution is 2.24. The molecule has 0 atom stereocenters. The standard InChI is InChI=1S/C13H10N6S/c1-8-5-10(11-3-2-4-20-11)18-13(17-8)19-12(15)9(6-14)7-16-19/h2-5,7H,15H2,1H3. The molecule has 20 heavy (non-hydrogen) atoms. The van der Waals surface area contributed by atoms with E-state index >= 15 is 0 Å². The van der Waals surface area contributed by atoms with E-state index in [1.807, 2.05) is 36.6 Å². The lowest BCUT2D eigenvalue weighted by atomic mass is 10.3. The first-order valence-corrected chi connectivity index (χ1v) is 6.70. The molecule has 2 N–H and O–H groups in total. The number of nitrogens with zero attached hydrogens (tertiary/aromatic N) is 5. The van der Waals surface area contributed by atoms with Crippen LogP contribution in [0.25, 0.3) is 16.5 Å². The molecule has 0 aliphatic carbocycles. The molecule has 0 unspecified atom stereocenters. The molecule has 0 bridgehead atoms. The summed E-state index contributed by atoms with van der Waals surface area (Å²) in [5.74, 6) is 0.614. The van der Waals surface area contributed by atoms with E-state index in [1.54, 1.807) is 11.3 Å². The molecule has 0 radical (unpaired) electrons. The SMILES string of the molecule is Cc1cc(-c2cccs2)nc(-n2ncc(C#N)c2N)n1. The second-order valence-electron chi connectivity index (χ2n) is 4.14. The number of hydrogen-bond acceptors (Lipinski definition) is 6. The molecule has 98 valence electrons. The summed E-state index contributed by atoms with van der Waals surface area (Å²) in [6, 6.07) is 7.84. The predicted octanol–water partition coefficient (Wildman–Crippen LogP) is 2.15. The van der Waals surface area contributed by atoms with E-state index in [2.05, 4.69) is 15.1 Å². The Kier molecular flexibility index (Phi) is 2.93. The Labute approximate surface area is 119 Å². The van der Waals surface area contributed by atoms with Crippen LogP contribution in [0.2, 0.25) is 0 Å². The van der Waals surface area contributed by atoms with Crippen molar-refractivity contribution in [1.82, 2.24) is 19.7 Å². The second kappa shape index (κ2) is 4.75. The topological polar surface area (TPSA) is 93.4 Å². The largest absolute Gasteiger partial charge is 0.382 e. The molecular formula is C13H10N6S. The molecule has 3 rings (SSSR count). The number of aromatic nitrogens is 4. The smallest absolute Gasteiger partial charge is 0.253 e. The zero-order valence-corrected chi connectivity index (χ0v) is 11.4. The molecule has 3 aromatic heterocycles. The van der Waals surface area contributed by atoms with Crippen LogP contribution in [0.4, 0.5) is 5.82 Å². The van der Waals surface area contributed by atoms with Crippen LogP contribution in [0.3, 0.4) is 0 Å². The summed E-state index contributed by atoms with van der Waals surface area (Å²) in [6.45, 7) is 1.88. The van der Waals surface area contributed by atoms with Crippen LogP contribution in [0, 0.1) is 18.3 Å². The van der Waals surface area contributed by atoms with Gasteiger partial charge in [0.1, 0.15) is 17.5 Å². The number of aryl methyl sites for hydroxylation is 1. The van der Waals surface area contributed by atoms with Gasteiger partial charge >= 0.3 is 0 Å². The van der Waals surface area contributed by atoms with E-state index in [0.717, 1.165) is 16.3 Å². The van der Waals surface area contributed by atoms with Gasteiger partial charge in [-0.25, -0.2) is 9.97 Å². The van der Waals surface area contributed by atoms with Gasteiger partial charge in [0.25, 0.3) is 5.95 Å². The van der Waals surface area contributed by atoms with Gasteiger partial charge < -0.3 is 5.73 Å². The molecule has 0 spiro atoms. The van der Waals surface area contributed by atoms with Crippen molar-refractivity contribution in [2.24, 2.45) is 0 Å². The van der Waals surface area contributed by atoms with Crippen LogP contribution in [-0.4, -0.2) is 19.7 Å². The highest BCUT2D eigenvalue weighted by atomic mass is 32.1. The normalized spacial score (nSPS) is 10.4. The van der Waals surface area contributed by atoms with Crippen molar-refractivity contribution in [3.8, 4) is 22.6 Å². The average Bonchev–Trinajstić information content (AvgIpc) is 3.07.